The van der Waals surface area contributed by atoms with Crippen LogP contribution in [-0.4, -0.2) is 23.5 Å². The molecule has 1 N–H and O–H groups in total. The van der Waals surface area contributed by atoms with E-state index in [0.717, 1.165) is 35.4 Å². The zero-order valence-electron chi connectivity index (χ0n) is 16.6. The molecule has 0 spiro atoms. The number of nitrogens with zero attached hydrogens (tertiary/aromatic N) is 2. The minimum Gasteiger partial charge on any atom is -0.354 e. The van der Waals surface area contributed by atoms with E-state index in [0.29, 0.717) is 11.6 Å². The molecule has 1 aliphatic heterocycles. The normalized spacial score (nSPS) is 16.9. The van der Waals surface area contributed by atoms with E-state index in [1.165, 1.54) is 24.8 Å². The Balaban J connectivity index is 1.70. The summed E-state index contributed by atoms with van der Waals surface area (Å²) in [5, 5.41) is 3.95. The van der Waals surface area contributed by atoms with E-state index >= 15 is 0 Å². The van der Waals surface area contributed by atoms with E-state index < -0.39 is 0 Å². The van der Waals surface area contributed by atoms with Gasteiger partial charge in [-0.15, -0.1) is 0 Å². The van der Waals surface area contributed by atoms with Crippen molar-refractivity contribution >= 4 is 28.3 Å². The number of carbonyl (C=O) groups excluding carboxylic acids is 1. The van der Waals surface area contributed by atoms with E-state index in [4.69, 9.17) is 4.98 Å². The zero-order valence-corrected chi connectivity index (χ0v) is 16.6. The molecule has 4 rings (SSSR count). The molecule has 1 amide bonds. The fourth-order valence-electron chi connectivity index (χ4n) is 3.96. The SMILES string of the molecule is CCc1ccc(NC(=O)c2cc(N3CCCCC3C)nc3ccccc23)cc1. The Morgan fingerprint density at radius 1 is 1.14 bits per heavy atom. The van der Waals surface area contributed by atoms with E-state index in [9.17, 15) is 4.79 Å². The molecule has 1 fully saturated rings. The largest absolute Gasteiger partial charge is 0.354 e. The van der Waals surface area contributed by atoms with Crippen LogP contribution >= 0.6 is 0 Å². The number of hydrogen-bond donors (Lipinski definition) is 1. The number of carbonyl (C=O) groups is 1. The predicted octanol–water partition coefficient (Wildman–Crippen LogP) is 5.43. The molecule has 1 atom stereocenters. The first-order valence-corrected chi connectivity index (χ1v) is 10.2. The lowest BCUT2D eigenvalue weighted by atomic mass is 10.0. The number of amides is 1. The average molecular weight is 374 g/mol. The van der Waals surface area contributed by atoms with Gasteiger partial charge >= 0.3 is 0 Å². The molecule has 4 nitrogen and oxygen atoms in total. The standard InChI is InChI=1S/C24H27N3O/c1-3-18-11-13-19(14-12-18)25-24(28)21-16-23(27-15-7-6-8-17(27)2)26-22-10-5-4-9-20(21)22/h4-5,9-14,16-17H,3,6-8,15H2,1-2H3,(H,25,28). The van der Waals surface area contributed by atoms with Crippen molar-refractivity contribution in [3.63, 3.8) is 0 Å². The number of pyridine rings is 1. The zero-order chi connectivity index (χ0) is 19.5. The van der Waals surface area contributed by atoms with E-state index in [1.54, 1.807) is 0 Å². The van der Waals surface area contributed by atoms with Gasteiger partial charge in [-0.2, -0.15) is 0 Å². The van der Waals surface area contributed by atoms with Gasteiger partial charge in [-0.25, -0.2) is 4.98 Å². The molecule has 1 unspecified atom stereocenters. The van der Waals surface area contributed by atoms with Gasteiger partial charge in [0, 0.05) is 23.7 Å². The fraction of sp³-hybridized carbons (Fsp3) is 0.333. The van der Waals surface area contributed by atoms with Crippen LogP contribution in [0.25, 0.3) is 10.9 Å². The molecule has 3 aromatic rings. The fourth-order valence-corrected chi connectivity index (χ4v) is 3.96. The first kappa shape index (κ1) is 18.5. The van der Waals surface area contributed by atoms with E-state index in [1.807, 2.05) is 42.5 Å². The lowest BCUT2D eigenvalue weighted by molar-refractivity contribution is 0.102. The van der Waals surface area contributed by atoms with E-state index in [2.05, 4.69) is 36.2 Å². The monoisotopic (exact) mass is 373 g/mol. The lowest BCUT2D eigenvalue weighted by Gasteiger charge is -2.34. The van der Waals surface area contributed by atoms with Gasteiger partial charge in [0.15, 0.2) is 0 Å². The average Bonchev–Trinajstić information content (AvgIpc) is 2.74. The van der Waals surface area contributed by atoms with E-state index in [-0.39, 0.29) is 5.91 Å². The predicted molar refractivity (Wildman–Crippen MR) is 116 cm³/mol. The van der Waals surface area contributed by atoms with Crippen molar-refractivity contribution in [3.8, 4) is 0 Å². The molecular weight excluding hydrogens is 346 g/mol. The summed E-state index contributed by atoms with van der Waals surface area (Å²) in [5.74, 6) is 0.811. The van der Waals surface area contributed by atoms with Gasteiger partial charge in [-0.05, 0) is 62.4 Å². The highest BCUT2D eigenvalue weighted by Crippen LogP contribution is 2.28. The number of nitrogens with one attached hydrogen (secondary N) is 1. The number of hydrogen-bond acceptors (Lipinski definition) is 3. The first-order chi connectivity index (χ1) is 13.7. The number of fused-ring (bicyclic) bond motifs is 1. The molecule has 4 heteroatoms. The lowest BCUT2D eigenvalue weighted by Crippen LogP contribution is -2.38. The van der Waals surface area contributed by atoms with Crippen molar-refractivity contribution in [2.75, 3.05) is 16.8 Å². The van der Waals surface area contributed by atoms with Crippen molar-refractivity contribution in [3.05, 3.63) is 65.7 Å². The van der Waals surface area contributed by atoms with Gasteiger partial charge < -0.3 is 10.2 Å². The number of aromatic nitrogens is 1. The number of para-hydroxylation sites is 1. The summed E-state index contributed by atoms with van der Waals surface area (Å²) in [4.78, 5) is 20.3. The topological polar surface area (TPSA) is 45.2 Å². The summed E-state index contributed by atoms with van der Waals surface area (Å²) in [5.41, 5.74) is 3.62. The van der Waals surface area contributed by atoms with Crippen LogP contribution in [0.5, 0.6) is 0 Å². The Kier molecular flexibility index (Phi) is 5.29. The maximum absolute atomic E-state index is 13.1. The number of piperidine rings is 1. The highest BCUT2D eigenvalue weighted by molar-refractivity contribution is 6.13. The summed E-state index contributed by atoms with van der Waals surface area (Å²) >= 11 is 0. The summed E-state index contributed by atoms with van der Waals surface area (Å²) in [6.45, 7) is 5.36. The molecule has 2 aromatic carbocycles. The Hall–Kier alpha value is -2.88. The van der Waals surface area contributed by atoms with Crippen molar-refractivity contribution in [1.29, 1.82) is 0 Å². The first-order valence-electron chi connectivity index (χ1n) is 10.2. The van der Waals surface area contributed by atoms with Gasteiger partial charge in [-0.1, -0.05) is 37.3 Å². The number of rotatable bonds is 4. The molecule has 28 heavy (non-hydrogen) atoms. The third-order valence-electron chi connectivity index (χ3n) is 5.66. The number of benzene rings is 2. The maximum Gasteiger partial charge on any atom is 0.256 e. The molecule has 2 heterocycles. The van der Waals surface area contributed by atoms with Crippen LogP contribution in [-0.2, 0) is 6.42 Å². The van der Waals surface area contributed by atoms with Gasteiger partial charge in [-0.3, -0.25) is 4.79 Å². The molecule has 0 aliphatic carbocycles. The molecular formula is C24H27N3O. The van der Waals surface area contributed by atoms with Crippen LogP contribution in [0.1, 0.15) is 49.0 Å². The highest BCUT2D eigenvalue weighted by atomic mass is 16.1. The Bertz CT molecular complexity index is 981. The molecule has 1 aliphatic rings. The minimum absolute atomic E-state index is 0.0891. The molecule has 1 aromatic heterocycles. The summed E-state index contributed by atoms with van der Waals surface area (Å²) < 4.78 is 0. The molecule has 0 radical (unpaired) electrons. The van der Waals surface area contributed by atoms with Gasteiger partial charge in [0.25, 0.3) is 5.91 Å². The Labute approximate surface area is 166 Å². The summed E-state index contributed by atoms with van der Waals surface area (Å²) in [6, 6.07) is 18.3. The Morgan fingerprint density at radius 3 is 2.68 bits per heavy atom. The second-order valence-electron chi connectivity index (χ2n) is 7.59. The molecule has 0 saturated carbocycles. The Morgan fingerprint density at radius 2 is 1.93 bits per heavy atom. The van der Waals surface area contributed by atoms with Gasteiger partial charge in [0.2, 0.25) is 0 Å². The minimum atomic E-state index is -0.0891. The maximum atomic E-state index is 13.1. The molecule has 144 valence electrons. The quantitative estimate of drug-likeness (QED) is 0.663. The van der Waals surface area contributed by atoms with Crippen LogP contribution in [0.3, 0.4) is 0 Å². The smallest absolute Gasteiger partial charge is 0.256 e. The van der Waals surface area contributed by atoms with Crippen molar-refractivity contribution in [2.24, 2.45) is 0 Å². The van der Waals surface area contributed by atoms with Gasteiger partial charge in [0.05, 0.1) is 11.1 Å². The van der Waals surface area contributed by atoms with Crippen molar-refractivity contribution in [2.45, 2.75) is 45.6 Å². The molecule has 1 saturated heterocycles. The van der Waals surface area contributed by atoms with Crippen LogP contribution in [0.15, 0.2) is 54.6 Å². The van der Waals surface area contributed by atoms with Gasteiger partial charge in [0.1, 0.15) is 5.82 Å². The summed E-state index contributed by atoms with van der Waals surface area (Å²) in [7, 11) is 0. The second kappa shape index (κ2) is 8.01. The van der Waals surface area contributed by atoms with Crippen LogP contribution in [0, 0.1) is 0 Å². The second-order valence-corrected chi connectivity index (χ2v) is 7.59. The van der Waals surface area contributed by atoms with Crippen molar-refractivity contribution in [1.82, 2.24) is 4.98 Å². The number of anilines is 2. The number of aryl methyl sites for hydroxylation is 1. The van der Waals surface area contributed by atoms with Crippen LogP contribution in [0.2, 0.25) is 0 Å². The molecule has 0 bridgehead atoms. The third-order valence-corrected chi connectivity index (χ3v) is 5.66. The van der Waals surface area contributed by atoms with Crippen LogP contribution < -0.4 is 10.2 Å². The highest BCUT2D eigenvalue weighted by Gasteiger charge is 2.22. The third kappa shape index (κ3) is 3.72. The summed E-state index contributed by atoms with van der Waals surface area (Å²) in [6.07, 6.45) is 4.58. The van der Waals surface area contributed by atoms with Crippen molar-refractivity contribution < 1.29 is 4.79 Å². The van der Waals surface area contributed by atoms with Crippen LogP contribution in [0.4, 0.5) is 11.5 Å².